The van der Waals surface area contributed by atoms with Crippen molar-refractivity contribution in [2.75, 3.05) is 6.61 Å². The lowest BCUT2D eigenvalue weighted by Gasteiger charge is -2.38. The van der Waals surface area contributed by atoms with Gasteiger partial charge in [0, 0.05) is 0 Å². The number of hydrogen-bond acceptors (Lipinski definition) is 6. The van der Waals surface area contributed by atoms with Gasteiger partial charge in [-0.15, -0.1) is 0 Å². The van der Waals surface area contributed by atoms with Crippen LogP contribution in [0.1, 0.15) is 0 Å². The first-order valence-electron chi connectivity index (χ1n) is 3.64. The molecule has 1 saturated heterocycles. The number of aliphatic hydroxyl groups is 4. The summed E-state index contributed by atoms with van der Waals surface area (Å²) in [7, 11) is 0. The molecular formula is C6H13NO5. The molecule has 0 spiro atoms. The zero-order valence-electron chi connectivity index (χ0n) is 6.37. The lowest BCUT2D eigenvalue weighted by molar-refractivity contribution is -0.258. The Morgan fingerprint density at radius 1 is 1.17 bits per heavy atom. The van der Waals surface area contributed by atoms with E-state index in [1.807, 2.05) is 0 Å². The van der Waals surface area contributed by atoms with Gasteiger partial charge in [-0.05, 0) is 0 Å². The Morgan fingerprint density at radius 2 is 1.75 bits per heavy atom. The Morgan fingerprint density at radius 3 is 2.25 bits per heavy atom. The van der Waals surface area contributed by atoms with Gasteiger partial charge in [-0.3, -0.25) is 0 Å². The fraction of sp³-hybridized carbons (Fsp3) is 1.00. The Kier molecular flexibility index (Phi) is 2.99. The topological polar surface area (TPSA) is 116 Å². The minimum atomic E-state index is -1.44. The van der Waals surface area contributed by atoms with E-state index in [-0.39, 0.29) is 0 Å². The molecule has 1 aliphatic rings. The standard InChI is InChI=1S/C6H13NO5/c7-3-4(9)2(1-8)12-6(11)5(3)10/h2-6,8-11H,1,7H2/t2?,3?,4-,5+,6+/m1/s1. The molecule has 1 fully saturated rings. The van der Waals surface area contributed by atoms with Crippen molar-refractivity contribution in [1.29, 1.82) is 0 Å². The van der Waals surface area contributed by atoms with Crippen LogP contribution in [0.15, 0.2) is 0 Å². The van der Waals surface area contributed by atoms with E-state index in [9.17, 15) is 5.11 Å². The van der Waals surface area contributed by atoms with Crippen LogP contribution in [-0.2, 0) is 4.74 Å². The van der Waals surface area contributed by atoms with Crippen LogP contribution in [0.4, 0.5) is 0 Å². The van der Waals surface area contributed by atoms with Crippen molar-refractivity contribution < 1.29 is 25.2 Å². The van der Waals surface area contributed by atoms with Gasteiger partial charge in [0.1, 0.15) is 18.3 Å². The highest BCUT2D eigenvalue weighted by Gasteiger charge is 2.41. The number of rotatable bonds is 1. The lowest BCUT2D eigenvalue weighted by Crippen LogP contribution is -2.62. The fourth-order valence-corrected chi connectivity index (χ4v) is 1.13. The normalized spacial score (nSPS) is 49.2. The largest absolute Gasteiger partial charge is 0.394 e. The molecule has 6 N–H and O–H groups in total. The highest BCUT2D eigenvalue weighted by Crippen LogP contribution is 2.17. The molecule has 0 aliphatic carbocycles. The Labute approximate surface area is 69.2 Å². The van der Waals surface area contributed by atoms with Crippen molar-refractivity contribution in [2.45, 2.75) is 30.6 Å². The number of aliphatic hydroxyl groups excluding tert-OH is 4. The molecule has 1 rings (SSSR count). The van der Waals surface area contributed by atoms with E-state index >= 15 is 0 Å². The molecule has 6 heteroatoms. The smallest absolute Gasteiger partial charge is 0.183 e. The van der Waals surface area contributed by atoms with Gasteiger partial charge in [0.05, 0.1) is 12.6 Å². The van der Waals surface area contributed by atoms with Gasteiger partial charge in [-0.25, -0.2) is 0 Å². The van der Waals surface area contributed by atoms with E-state index in [1.165, 1.54) is 0 Å². The summed E-state index contributed by atoms with van der Waals surface area (Å²) in [5, 5.41) is 36.0. The van der Waals surface area contributed by atoms with Gasteiger partial charge in [0.25, 0.3) is 0 Å². The molecule has 0 aromatic carbocycles. The third-order valence-corrected chi connectivity index (χ3v) is 1.96. The summed E-state index contributed by atoms with van der Waals surface area (Å²) in [5.41, 5.74) is 5.33. The fourth-order valence-electron chi connectivity index (χ4n) is 1.13. The van der Waals surface area contributed by atoms with Crippen LogP contribution in [0, 0.1) is 0 Å². The third kappa shape index (κ3) is 1.58. The maximum Gasteiger partial charge on any atom is 0.183 e. The maximum absolute atomic E-state index is 9.24. The summed E-state index contributed by atoms with van der Waals surface area (Å²) >= 11 is 0. The van der Waals surface area contributed by atoms with Gasteiger partial charge in [-0.1, -0.05) is 0 Å². The van der Waals surface area contributed by atoms with Gasteiger partial charge in [-0.2, -0.15) is 0 Å². The summed E-state index contributed by atoms with van der Waals surface area (Å²) in [6, 6.07) is -0.995. The summed E-state index contributed by atoms with van der Waals surface area (Å²) in [5.74, 6) is 0. The molecule has 0 aromatic rings. The van der Waals surface area contributed by atoms with Crippen LogP contribution in [0.3, 0.4) is 0 Å². The van der Waals surface area contributed by atoms with E-state index in [1.54, 1.807) is 0 Å². The second kappa shape index (κ2) is 3.65. The van der Waals surface area contributed by atoms with Crippen LogP contribution in [0.5, 0.6) is 0 Å². The van der Waals surface area contributed by atoms with Crippen molar-refractivity contribution in [1.82, 2.24) is 0 Å². The summed E-state index contributed by atoms with van der Waals surface area (Å²) in [4.78, 5) is 0. The first kappa shape index (κ1) is 9.85. The second-order valence-electron chi connectivity index (χ2n) is 2.81. The van der Waals surface area contributed by atoms with Crippen LogP contribution in [-0.4, -0.2) is 57.7 Å². The van der Waals surface area contributed by atoms with Gasteiger partial charge < -0.3 is 30.9 Å². The first-order valence-corrected chi connectivity index (χ1v) is 3.64. The highest BCUT2D eigenvalue weighted by atomic mass is 16.6. The molecule has 12 heavy (non-hydrogen) atoms. The van der Waals surface area contributed by atoms with E-state index in [2.05, 4.69) is 4.74 Å². The number of nitrogens with two attached hydrogens (primary N) is 1. The Hall–Kier alpha value is -0.240. The second-order valence-corrected chi connectivity index (χ2v) is 2.81. The average Bonchev–Trinajstić information content (AvgIpc) is 2.08. The van der Waals surface area contributed by atoms with E-state index in [4.69, 9.17) is 21.1 Å². The van der Waals surface area contributed by atoms with Crippen LogP contribution < -0.4 is 5.73 Å². The highest BCUT2D eigenvalue weighted by molar-refractivity contribution is 4.90. The Balaban J connectivity index is 2.63. The molecule has 1 heterocycles. The zero-order valence-corrected chi connectivity index (χ0v) is 6.37. The van der Waals surface area contributed by atoms with Crippen molar-refractivity contribution >= 4 is 0 Å². The monoisotopic (exact) mass is 179 g/mol. The molecule has 0 bridgehead atoms. The van der Waals surface area contributed by atoms with Crippen molar-refractivity contribution in [3.05, 3.63) is 0 Å². The van der Waals surface area contributed by atoms with Crippen LogP contribution >= 0.6 is 0 Å². The zero-order chi connectivity index (χ0) is 9.30. The molecule has 1 aliphatic heterocycles. The minimum absolute atomic E-state index is 0.446. The average molecular weight is 179 g/mol. The molecule has 6 nitrogen and oxygen atoms in total. The molecule has 72 valence electrons. The molecule has 2 unspecified atom stereocenters. The van der Waals surface area contributed by atoms with Crippen molar-refractivity contribution in [3.8, 4) is 0 Å². The molecule has 0 saturated carbocycles. The van der Waals surface area contributed by atoms with Crippen LogP contribution in [0.2, 0.25) is 0 Å². The molecule has 0 amide bonds. The quantitative estimate of drug-likeness (QED) is 0.288. The van der Waals surface area contributed by atoms with Gasteiger partial charge in [0.15, 0.2) is 6.29 Å². The predicted molar refractivity (Wildman–Crippen MR) is 38.0 cm³/mol. The number of hydrogen-bond donors (Lipinski definition) is 5. The summed E-state index contributed by atoms with van der Waals surface area (Å²) < 4.78 is 4.66. The first-order chi connectivity index (χ1) is 5.57. The SMILES string of the molecule is NC1[C@H](O)C(CO)O[C@H](O)[C@H]1O. The van der Waals surface area contributed by atoms with Gasteiger partial charge in [0.2, 0.25) is 0 Å². The van der Waals surface area contributed by atoms with E-state index in [0.29, 0.717) is 0 Å². The molecular weight excluding hydrogens is 166 g/mol. The predicted octanol–water partition coefficient (Wildman–Crippen LogP) is -3.25. The molecule has 0 radical (unpaired) electrons. The Bertz CT molecular complexity index is 150. The third-order valence-electron chi connectivity index (χ3n) is 1.96. The molecule has 5 atom stereocenters. The van der Waals surface area contributed by atoms with E-state index < -0.39 is 37.3 Å². The summed E-state index contributed by atoms with van der Waals surface area (Å²) in [6.45, 7) is -0.446. The van der Waals surface area contributed by atoms with Crippen LogP contribution in [0.25, 0.3) is 0 Å². The minimum Gasteiger partial charge on any atom is -0.394 e. The number of ether oxygens (including phenoxy) is 1. The van der Waals surface area contributed by atoms with Crippen molar-refractivity contribution in [2.24, 2.45) is 5.73 Å². The molecule has 0 aromatic heterocycles. The lowest BCUT2D eigenvalue weighted by atomic mass is 9.97. The summed E-state index contributed by atoms with van der Waals surface area (Å²) in [6.07, 6.45) is -4.85. The van der Waals surface area contributed by atoms with Crippen molar-refractivity contribution in [3.63, 3.8) is 0 Å². The maximum atomic E-state index is 9.24. The van der Waals surface area contributed by atoms with Gasteiger partial charge >= 0.3 is 0 Å². The van der Waals surface area contributed by atoms with E-state index in [0.717, 1.165) is 0 Å².